The third kappa shape index (κ3) is 4.78. The summed E-state index contributed by atoms with van der Waals surface area (Å²) >= 11 is 5.88. The van der Waals surface area contributed by atoms with Gasteiger partial charge in [-0.25, -0.2) is 4.99 Å². The molecule has 3 aromatic rings. The molecule has 0 amide bonds. The molecule has 4 rings (SSSR count). The van der Waals surface area contributed by atoms with Gasteiger partial charge < -0.3 is 15.6 Å². The smallest absolute Gasteiger partial charge is 0.248 e. The van der Waals surface area contributed by atoms with Crippen LogP contribution in [0.3, 0.4) is 0 Å². The lowest BCUT2D eigenvalue weighted by atomic mass is 10.1. The SMILES string of the molecule is I.NC(=NCc1nc(-c2ccc(Cl)cc2)no1)Nc1ccc2c(c1)CCC2. The van der Waals surface area contributed by atoms with Gasteiger partial charge in [-0.15, -0.1) is 24.0 Å². The Morgan fingerprint density at radius 1 is 1.15 bits per heavy atom. The van der Waals surface area contributed by atoms with Crippen LogP contribution in [0.2, 0.25) is 5.02 Å². The second-order valence-electron chi connectivity index (χ2n) is 6.18. The quantitative estimate of drug-likeness (QED) is 0.318. The zero-order chi connectivity index (χ0) is 17.9. The van der Waals surface area contributed by atoms with Gasteiger partial charge in [-0.1, -0.05) is 22.8 Å². The number of rotatable bonds is 4. The number of anilines is 1. The highest BCUT2D eigenvalue weighted by Crippen LogP contribution is 2.24. The van der Waals surface area contributed by atoms with Crippen molar-refractivity contribution in [2.75, 3.05) is 5.32 Å². The van der Waals surface area contributed by atoms with E-state index in [1.54, 1.807) is 12.1 Å². The Kier molecular flexibility index (Phi) is 6.33. The van der Waals surface area contributed by atoms with E-state index in [0.29, 0.717) is 22.7 Å². The summed E-state index contributed by atoms with van der Waals surface area (Å²) in [7, 11) is 0. The van der Waals surface area contributed by atoms with E-state index in [1.165, 1.54) is 17.5 Å². The van der Waals surface area contributed by atoms with Crippen LogP contribution in [0.15, 0.2) is 52.0 Å². The Morgan fingerprint density at radius 3 is 2.74 bits per heavy atom. The molecule has 6 nitrogen and oxygen atoms in total. The second-order valence-corrected chi connectivity index (χ2v) is 6.62. The topological polar surface area (TPSA) is 89.3 Å². The van der Waals surface area contributed by atoms with Crippen LogP contribution in [0, 0.1) is 0 Å². The largest absolute Gasteiger partial charge is 0.370 e. The van der Waals surface area contributed by atoms with E-state index >= 15 is 0 Å². The van der Waals surface area contributed by atoms with E-state index in [1.807, 2.05) is 18.2 Å². The first kappa shape index (κ1) is 19.6. The number of benzene rings is 2. The third-order valence-electron chi connectivity index (χ3n) is 4.33. The van der Waals surface area contributed by atoms with Crippen LogP contribution in [-0.2, 0) is 19.4 Å². The van der Waals surface area contributed by atoms with Crippen LogP contribution < -0.4 is 11.1 Å². The van der Waals surface area contributed by atoms with Gasteiger partial charge in [0.1, 0.15) is 6.54 Å². The standard InChI is InChI=1S/C19H18ClN5O.HI/c20-15-7-4-13(5-8-15)18-24-17(26-25-18)11-22-19(21)23-16-9-6-12-2-1-3-14(12)10-16;/h4-10H,1-3,11H2,(H3,21,22,23);1H. The van der Waals surface area contributed by atoms with Crippen LogP contribution >= 0.6 is 35.6 Å². The predicted octanol–water partition coefficient (Wildman–Crippen LogP) is 4.42. The summed E-state index contributed by atoms with van der Waals surface area (Å²) in [5.41, 5.74) is 10.5. The summed E-state index contributed by atoms with van der Waals surface area (Å²) in [4.78, 5) is 8.60. The van der Waals surface area contributed by atoms with Gasteiger partial charge in [-0.3, -0.25) is 0 Å². The lowest BCUT2D eigenvalue weighted by molar-refractivity contribution is 0.381. The molecule has 1 aliphatic carbocycles. The number of nitrogens with zero attached hydrogens (tertiary/aromatic N) is 3. The second kappa shape index (κ2) is 8.71. The lowest BCUT2D eigenvalue weighted by Gasteiger charge is -2.07. The van der Waals surface area contributed by atoms with Crippen molar-refractivity contribution < 1.29 is 4.52 Å². The molecule has 0 saturated carbocycles. The number of hydrogen-bond acceptors (Lipinski definition) is 4. The molecule has 2 aromatic carbocycles. The molecule has 0 unspecified atom stereocenters. The number of aliphatic imine (C=N–C) groups is 1. The Bertz CT molecular complexity index is 955. The number of aromatic nitrogens is 2. The minimum absolute atomic E-state index is 0. The number of guanidine groups is 1. The van der Waals surface area contributed by atoms with Crippen molar-refractivity contribution >= 4 is 47.2 Å². The van der Waals surface area contributed by atoms with Gasteiger partial charge >= 0.3 is 0 Å². The zero-order valence-electron chi connectivity index (χ0n) is 14.5. The first-order valence-electron chi connectivity index (χ1n) is 8.45. The number of halogens is 2. The molecule has 0 atom stereocenters. The van der Waals surface area contributed by atoms with Gasteiger partial charge in [0.15, 0.2) is 5.96 Å². The molecular formula is C19H19ClIN5O. The Hall–Kier alpha value is -2.13. The fourth-order valence-corrected chi connectivity index (χ4v) is 3.15. The molecule has 0 bridgehead atoms. The van der Waals surface area contributed by atoms with E-state index in [0.717, 1.165) is 24.1 Å². The van der Waals surface area contributed by atoms with Gasteiger partial charge in [0, 0.05) is 16.3 Å². The molecule has 0 saturated heterocycles. The van der Waals surface area contributed by atoms with Crippen molar-refractivity contribution in [1.29, 1.82) is 0 Å². The molecule has 0 fully saturated rings. The first-order chi connectivity index (χ1) is 12.7. The minimum atomic E-state index is 0. The molecule has 0 aliphatic heterocycles. The van der Waals surface area contributed by atoms with Gasteiger partial charge in [-0.2, -0.15) is 4.98 Å². The number of nitrogens with two attached hydrogens (primary N) is 1. The normalized spacial score (nSPS) is 13.1. The third-order valence-corrected chi connectivity index (χ3v) is 4.58. The molecule has 0 radical (unpaired) electrons. The highest BCUT2D eigenvalue weighted by Gasteiger charge is 2.11. The van der Waals surface area contributed by atoms with Gasteiger partial charge in [-0.05, 0) is 66.8 Å². The van der Waals surface area contributed by atoms with Crippen molar-refractivity contribution in [3.63, 3.8) is 0 Å². The number of nitrogens with one attached hydrogen (secondary N) is 1. The molecule has 1 aliphatic rings. The monoisotopic (exact) mass is 495 g/mol. The van der Waals surface area contributed by atoms with Crippen molar-refractivity contribution in [2.24, 2.45) is 10.7 Å². The molecule has 0 spiro atoms. The predicted molar refractivity (Wildman–Crippen MR) is 118 cm³/mol. The summed E-state index contributed by atoms with van der Waals surface area (Å²) in [6.07, 6.45) is 3.50. The summed E-state index contributed by atoms with van der Waals surface area (Å²) in [6.45, 7) is 0.213. The fourth-order valence-electron chi connectivity index (χ4n) is 3.03. The number of hydrogen-bond donors (Lipinski definition) is 2. The fraction of sp³-hybridized carbons (Fsp3) is 0.211. The molecule has 1 heterocycles. The van der Waals surface area contributed by atoms with Crippen LogP contribution in [0.4, 0.5) is 5.69 Å². The lowest BCUT2D eigenvalue weighted by Crippen LogP contribution is -2.22. The van der Waals surface area contributed by atoms with Crippen molar-refractivity contribution in [1.82, 2.24) is 10.1 Å². The average Bonchev–Trinajstić information content (AvgIpc) is 3.29. The van der Waals surface area contributed by atoms with E-state index in [4.69, 9.17) is 21.9 Å². The number of fused-ring (bicyclic) bond motifs is 1. The highest BCUT2D eigenvalue weighted by atomic mass is 127. The van der Waals surface area contributed by atoms with Crippen LogP contribution in [0.25, 0.3) is 11.4 Å². The Morgan fingerprint density at radius 2 is 1.93 bits per heavy atom. The van der Waals surface area contributed by atoms with Crippen LogP contribution in [0.1, 0.15) is 23.4 Å². The highest BCUT2D eigenvalue weighted by molar-refractivity contribution is 14.0. The molecule has 8 heteroatoms. The molecule has 3 N–H and O–H groups in total. The van der Waals surface area contributed by atoms with Gasteiger partial charge in [0.05, 0.1) is 0 Å². The van der Waals surface area contributed by atoms with E-state index in [9.17, 15) is 0 Å². The Balaban J connectivity index is 0.00000210. The van der Waals surface area contributed by atoms with Crippen LogP contribution in [0.5, 0.6) is 0 Å². The maximum absolute atomic E-state index is 5.97. The summed E-state index contributed by atoms with van der Waals surface area (Å²) in [5.74, 6) is 1.21. The summed E-state index contributed by atoms with van der Waals surface area (Å²) < 4.78 is 5.23. The molecule has 1 aromatic heterocycles. The maximum Gasteiger partial charge on any atom is 0.248 e. The average molecular weight is 496 g/mol. The summed E-state index contributed by atoms with van der Waals surface area (Å²) in [5, 5.41) is 7.73. The van der Waals surface area contributed by atoms with Gasteiger partial charge in [0.2, 0.25) is 11.7 Å². The number of aryl methyl sites for hydroxylation is 2. The minimum Gasteiger partial charge on any atom is -0.370 e. The van der Waals surface area contributed by atoms with Crippen LogP contribution in [-0.4, -0.2) is 16.1 Å². The zero-order valence-corrected chi connectivity index (χ0v) is 17.6. The molecular weight excluding hydrogens is 477 g/mol. The van der Waals surface area contributed by atoms with Crippen molar-refractivity contribution in [3.8, 4) is 11.4 Å². The molecule has 140 valence electrons. The van der Waals surface area contributed by atoms with Crippen molar-refractivity contribution in [2.45, 2.75) is 25.8 Å². The van der Waals surface area contributed by atoms with E-state index in [-0.39, 0.29) is 30.5 Å². The Labute approximate surface area is 179 Å². The summed E-state index contributed by atoms with van der Waals surface area (Å²) in [6, 6.07) is 13.5. The maximum atomic E-state index is 5.97. The van der Waals surface area contributed by atoms with E-state index < -0.39 is 0 Å². The van der Waals surface area contributed by atoms with Gasteiger partial charge in [0.25, 0.3) is 0 Å². The molecule has 27 heavy (non-hydrogen) atoms. The van der Waals surface area contributed by atoms with E-state index in [2.05, 4.69) is 32.6 Å². The van der Waals surface area contributed by atoms with Crippen molar-refractivity contribution in [3.05, 3.63) is 64.5 Å². The first-order valence-corrected chi connectivity index (χ1v) is 8.82.